The van der Waals surface area contributed by atoms with Crippen LogP contribution in [0.2, 0.25) is 0 Å². The molecule has 0 aliphatic carbocycles. The Morgan fingerprint density at radius 2 is 1.88 bits per heavy atom. The Bertz CT molecular complexity index is 810. The fourth-order valence-electron chi connectivity index (χ4n) is 2.48. The van der Waals surface area contributed by atoms with Crippen molar-refractivity contribution in [1.82, 2.24) is 15.5 Å². The largest absolute Gasteiger partial charge is 0.494 e. The van der Waals surface area contributed by atoms with Gasteiger partial charge in [-0.1, -0.05) is 49.4 Å². The maximum Gasteiger partial charge on any atom is 0.255 e. The molecule has 0 unspecified atom stereocenters. The van der Waals surface area contributed by atoms with E-state index in [0.717, 1.165) is 29.0 Å². The monoisotopic (exact) mass is 335 g/mol. The van der Waals surface area contributed by atoms with E-state index in [4.69, 9.17) is 4.74 Å². The van der Waals surface area contributed by atoms with E-state index in [0.29, 0.717) is 18.7 Å². The summed E-state index contributed by atoms with van der Waals surface area (Å²) in [6, 6.07) is 17.4. The number of rotatable bonds is 7. The lowest BCUT2D eigenvalue weighted by Crippen LogP contribution is -2.22. The molecule has 25 heavy (non-hydrogen) atoms. The zero-order valence-corrected chi connectivity index (χ0v) is 14.2. The fourth-order valence-corrected chi connectivity index (χ4v) is 2.48. The molecule has 2 aromatic carbocycles. The van der Waals surface area contributed by atoms with Crippen LogP contribution < -0.4 is 10.1 Å². The third kappa shape index (κ3) is 4.26. The number of benzene rings is 2. The van der Waals surface area contributed by atoms with Crippen LogP contribution in [0.1, 0.15) is 29.3 Å². The van der Waals surface area contributed by atoms with Crippen LogP contribution in [0.25, 0.3) is 11.3 Å². The maximum absolute atomic E-state index is 12.5. The summed E-state index contributed by atoms with van der Waals surface area (Å²) in [5.41, 5.74) is 3.21. The molecule has 0 saturated carbocycles. The van der Waals surface area contributed by atoms with Gasteiger partial charge in [0, 0.05) is 12.1 Å². The number of nitrogens with zero attached hydrogens (tertiary/aromatic N) is 1. The van der Waals surface area contributed by atoms with Gasteiger partial charge < -0.3 is 10.1 Å². The first-order valence-electron chi connectivity index (χ1n) is 8.36. The molecule has 0 spiro atoms. The Balaban J connectivity index is 1.63. The van der Waals surface area contributed by atoms with E-state index in [-0.39, 0.29) is 5.91 Å². The molecular weight excluding hydrogens is 314 g/mol. The highest BCUT2D eigenvalue weighted by Crippen LogP contribution is 2.20. The SMILES string of the molecule is CCCOc1ccc(CNC(=O)c2cn[nH]c2-c2ccccc2)cc1. The molecule has 0 aliphatic rings. The third-order valence-electron chi connectivity index (χ3n) is 3.80. The molecule has 3 aromatic rings. The summed E-state index contributed by atoms with van der Waals surface area (Å²) < 4.78 is 5.56. The standard InChI is InChI=1S/C20H21N3O2/c1-2-12-25-17-10-8-15(9-11-17)13-21-20(24)18-14-22-23-19(18)16-6-4-3-5-7-16/h3-11,14H,2,12-13H2,1H3,(H,21,24)(H,22,23). The number of ether oxygens (including phenoxy) is 1. The number of H-pyrrole nitrogens is 1. The van der Waals surface area contributed by atoms with Crippen LogP contribution in [-0.2, 0) is 6.54 Å². The molecule has 0 saturated heterocycles. The molecule has 0 fully saturated rings. The minimum Gasteiger partial charge on any atom is -0.494 e. The molecule has 0 atom stereocenters. The zero-order valence-electron chi connectivity index (χ0n) is 14.2. The van der Waals surface area contributed by atoms with Gasteiger partial charge in [0.05, 0.1) is 24.1 Å². The molecule has 128 valence electrons. The van der Waals surface area contributed by atoms with Crippen molar-refractivity contribution in [1.29, 1.82) is 0 Å². The number of nitrogens with one attached hydrogen (secondary N) is 2. The van der Waals surface area contributed by atoms with E-state index in [9.17, 15) is 4.79 Å². The van der Waals surface area contributed by atoms with Gasteiger partial charge in [0.1, 0.15) is 5.75 Å². The van der Waals surface area contributed by atoms with E-state index in [1.807, 2.05) is 54.6 Å². The van der Waals surface area contributed by atoms with Gasteiger partial charge in [0.2, 0.25) is 0 Å². The van der Waals surface area contributed by atoms with Crippen LogP contribution in [0.3, 0.4) is 0 Å². The van der Waals surface area contributed by atoms with E-state index in [2.05, 4.69) is 22.4 Å². The summed E-state index contributed by atoms with van der Waals surface area (Å²) in [5, 5.41) is 9.85. The van der Waals surface area contributed by atoms with Gasteiger partial charge in [-0.25, -0.2) is 0 Å². The van der Waals surface area contributed by atoms with Crippen molar-refractivity contribution >= 4 is 5.91 Å². The van der Waals surface area contributed by atoms with Crippen LogP contribution in [0.5, 0.6) is 5.75 Å². The minimum atomic E-state index is -0.154. The number of carbonyl (C=O) groups is 1. The van der Waals surface area contributed by atoms with Gasteiger partial charge in [-0.15, -0.1) is 0 Å². The van der Waals surface area contributed by atoms with Gasteiger partial charge in [0.25, 0.3) is 5.91 Å². The Morgan fingerprint density at radius 1 is 1.12 bits per heavy atom. The van der Waals surface area contributed by atoms with Crippen LogP contribution >= 0.6 is 0 Å². The first-order valence-corrected chi connectivity index (χ1v) is 8.36. The van der Waals surface area contributed by atoms with Crippen LogP contribution in [0.15, 0.2) is 60.8 Å². The topological polar surface area (TPSA) is 67.0 Å². The minimum absolute atomic E-state index is 0.154. The average Bonchev–Trinajstić information content (AvgIpc) is 3.16. The third-order valence-corrected chi connectivity index (χ3v) is 3.80. The lowest BCUT2D eigenvalue weighted by Gasteiger charge is -2.08. The Morgan fingerprint density at radius 3 is 2.60 bits per heavy atom. The van der Waals surface area contributed by atoms with Crippen LogP contribution in [0, 0.1) is 0 Å². The summed E-state index contributed by atoms with van der Waals surface area (Å²) in [6.07, 6.45) is 2.53. The van der Waals surface area contributed by atoms with Gasteiger partial charge in [0.15, 0.2) is 0 Å². The molecule has 1 heterocycles. The predicted octanol–water partition coefficient (Wildman–Crippen LogP) is 3.80. The molecule has 3 rings (SSSR count). The quantitative estimate of drug-likeness (QED) is 0.690. The molecule has 5 nitrogen and oxygen atoms in total. The van der Waals surface area contributed by atoms with Crippen LogP contribution in [0.4, 0.5) is 0 Å². The number of aromatic nitrogens is 2. The molecular formula is C20H21N3O2. The zero-order chi connectivity index (χ0) is 17.5. The summed E-state index contributed by atoms with van der Waals surface area (Å²) in [6.45, 7) is 3.23. The summed E-state index contributed by atoms with van der Waals surface area (Å²) in [5.74, 6) is 0.692. The maximum atomic E-state index is 12.5. The van der Waals surface area contributed by atoms with Crippen molar-refractivity contribution in [2.75, 3.05) is 6.61 Å². The second-order valence-corrected chi connectivity index (χ2v) is 5.70. The molecule has 5 heteroatoms. The Kier molecular flexibility index (Phi) is 5.46. The highest BCUT2D eigenvalue weighted by Gasteiger charge is 2.14. The first-order chi connectivity index (χ1) is 12.3. The second kappa shape index (κ2) is 8.15. The van der Waals surface area contributed by atoms with Crippen molar-refractivity contribution in [3.05, 3.63) is 71.9 Å². The number of carbonyl (C=O) groups excluding carboxylic acids is 1. The van der Waals surface area contributed by atoms with Crippen molar-refractivity contribution in [2.45, 2.75) is 19.9 Å². The molecule has 0 radical (unpaired) electrons. The molecule has 0 aliphatic heterocycles. The normalized spacial score (nSPS) is 10.4. The summed E-state index contributed by atoms with van der Waals surface area (Å²) in [4.78, 5) is 12.5. The van der Waals surface area contributed by atoms with E-state index in [1.54, 1.807) is 6.20 Å². The number of aromatic amines is 1. The second-order valence-electron chi connectivity index (χ2n) is 5.70. The van der Waals surface area contributed by atoms with Crippen LogP contribution in [-0.4, -0.2) is 22.7 Å². The van der Waals surface area contributed by atoms with Crippen molar-refractivity contribution in [3.8, 4) is 17.0 Å². The van der Waals surface area contributed by atoms with E-state index >= 15 is 0 Å². The summed E-state index contributed by atoms with van der Waals surface area (Å²) >= 11 is 0. The first kappa shape index (κ1) is 16.8. The van der Waals surface area contributed by atoms with Gasteiger partial charge in [-0.2, -0.15) is 5.10 Å². The molecule has 1 aromatic heterocycles. The lowest BCUT2D eigenvalue weighted by molar-refractivity contribution is 0.0951. The Labute approximate surface area is 147 Å². The highest BCUT2D eigenvalue weighted by molar-refractivity contribution is 5.99. The number of hydrogen-bond donors (Lipinski definition) is 2. The van der Waals surface area contributed by atoms with Gasteiger partial charge in [-0.3, -0.25) is 9.89 Å². The van der Waals surface area contributed by atoms with Gasteiger partial charge >= 0.3 is 0 Å². The van der Waals surface area contributed by atoms with E-state index in [1.165, 1.54) is 0 Å². The fraction of sp³-hybridized carbons (Fsp3) is 0.200. The molecule has 1 amide bonds. The Hall–Kier alpha value is -3.08. The average molecular weight is 335 g/mol. The van der Waals surface area contributed by atoms with E-state index < -0.39 is 0 Å². The number of amides is 1. The number of hydrogen-bond acceptors (Lipinski definition) is 3. The lowest BCUT2D eigenvalue weighted by atomic mass is 10.1. The molecule has 2 N–H and O–H groups in total. The van der Waals surface area contributed by atoms with Crippen molar-refractivity contribution < 1.29 is 9.53 Å². The smallest absolute Gasteiger partial charge is 0.255 e. The van der Waals surface area contributed by atoms with Crippen molar-refractivity contribution in [3.63, 3.8) is 0 Å². The molecule has 0 bridgehead atoms. The summed E-state index contributed by atoms with van der Waals surface area (Å²) in [7, 11) is 0. The highest BCUT2D eigenvalue weighted by atomic mass is 16.5. The predicted molar refractivity (Wildman–Crippen MR) is 97.4 cm³/mol. The van der Waals surface area contributed by atoms with Crippen molar-refractivity contribution in [2.24, 2.45) is 0 Å². The van der Waals surface area contributed by atoms with Gasteiger partial charge in [-0.05, 0) is 24.1 Å².